The number of carboxylic acids is 1. The lowest BCUT2D eigenvalue weighted by atomic mass is 9.90. The van der Waals surface area contributed by atoms with Crippen LogP contribution >= 0.6 is 0 Å². The van der Waals surface area contributed by atoms with E-state index in [2.05, 4.69) is 15.5 Å². The van der Waals surface area contributed by atoms with Crippen molar-refractivity contribution in [3.8, 4) is 0 Å². The normalized spacial score (nSPS) is 11.5. The van der Waals surface area contributed by atoms with Crippen LogP contribution in [0.4, 0.5) is 0 Å². The zero-order valence-corrected chi connectivity index (χ0v) is 11.3. The lowest BCUT2D eigenvalue weighted by Gasteiger charge is -2.18. The van der Waals surface area contributed by atoms with Crippen molar-refractivity contribution in [1.29, 1.82) is 0 Å². The first kappa shape index (κ1) is 14.0. The van der Waals surface area contributed by atoms with Crippen LogP contribution in [-0.4, -0.2) is 38.1 Å². The monoisotopic (exact) mass is 276 g/mol. The Labute approximate surface area is 115 Å². The highest BCUT2D eigenvalue weighted by atomic mass is 16.4. The molecule has 0 aliphatic rings. The molecule has 0 radical (unpaired) electrons. The molecule has 1 amide bonds. The number of carboxylic acid groups (broad SMARTS) is 1. The first-order valence-corrected chi connectivity index (χ1v) is 6.21. The van der Waals surface area contributed by atoms with Gasteiger partial charge in [-0.25, -0.2) is 0 Å². The van der Waals surface area contributed by atoms with Gasteiger partial charge in [-0.1, -0.05) is 0 Å². The maximum Gasteiger partial charge on any atom is 0.309 e. The molecule has 0 saturated carbocycles. The van der Waals surface area contributed by atoms with Gasteiger partial charge >= 0.3 is 5.97 Å². The number of carbonyl (C=O) groups excluding carboxylic acids is 1. The first-order valence-electron chi connectivity index (χ1n) is 6.21. The number of hydrogen-bond acceptors (Lipinski definition) is 4. The van der Waals surface area contributed by atoms with E-state index in [0.717, 1.165) is 0 Å². The zero-order valence-electron chi connectivity index (χ0n) is 11.3. The second-order valence-electron chi connectivity index (χ2n) is 5.21. The minimum atomic E-state index is -0.877. The Bertz CT molecular complexity index is 648. The smallest absolute Gasteiger partial charge is 0.309 e. The topological polar surface area (TPSA) is 96.6 Å². The Morgan fingerprint density at radius 3 is 2.85 bits per heavy atom. The predicted molar refractivity (Wildman–Crippen MR) is 71.4 cm³/mol. The molecular formula is C13H16N4O3. The Kier molecular flexibility index (Phi) is 3.69. The molecular weight excluding hydrogens is 260 g/mol. The van der Waals surface area contributed by atoms with Gasteiger partial charge in [-0.15, -0.1) is 10.2 Å². The second-order valence-corrected chi connectivity index (χ2v) is 5.21. The van der Waals surface area contributed by atoms with Crippen molar-refractivity contribution < 1.29 is 14.7 Å². The Balaban J connectivity index is 1.96. The van der Waals surface area contributed by atoms with Gasteiger partial charge in [-0.05, 0) is 32.4 Å². The standard InChI is InChI=1S/C13H16N4O3/c1-13(2,12(19)20)5-6-14-11(18)9-3-4-10-16-15-8-17(10)7-9/h3-4,7-8H,5-6H2,1-2H3,(H,14,18)(H,19,20). The average molecular weight is 276 g/mol. The van der Waals surface area contributed by atoms with Crippen LogP contribution < -0.4 is 5.32 Å². The van der Waals surface area contributed by atoms with Crippen LogP contribution in [0.15, 0.2) is 24.7 Å². The number of nitrogens with zero attached hydrogens (tertiary/aromatic N) is 3. The summed E-state index contributed by atoms with van der Waals surface area (Å²) in [6.45, 7) is 3.56. The summed E-state index contributed by atoms with van der Waals surface area (Å²) in [5.41, 5.74) is 0.282. The van der Waals surface area contributed by atoms with Crippen LogP contribution in [0.1, 0.15) is 30.6 Å². The SMILES string of the molecule is CC(C)(CCNC(=O)c1ccc2nncn2c1)C(=O)O. The van der Waals surface area contributed by atoms with Crippen LogP contribution in [0.5, 0.6) is 0 Å². The summed E-state index contributed by atoms with van der Waals surface area (Å²) in [6, 6.07) is 3.35. The molecule has 0 aromatic carbocycles. The number of rotatable bonds is 5. The van der Waals surface area contributed by atoms with Crippen LogP contribution in [0.25, 0.3) is 5.65 Å². The Morgan fingerprint density at radius 1 is 1.40 bits per heavy atom. The molecule has 0 bridgehead atoms. The van der Waals surface area contributed by atoms with E-state index in [9.17, 15) is 9.59 Å². The molecule has 0 spiro atoms. The molecule has 0 atom stereocenters. The summed E-state index contributed by atoms with van der Waals surface area (Å²) in [5, 5.41) is 19.3. The van der Waals surface area contributed by atoms with Crippen molar-refractivity contribution >= 4 is 17.5 Å². The van der Waals surface area contributed by atoms with Gasteiger partial charge < -0.3 is 10.4 Å². The number of amides is 1. The summed E-state index contributed by atoms with van der Waals surface area (Å²) in [7, 11) is 0. The minimum Gasteiger partial charge on any atom is -0.481 e. The molecule has 0 unspecified atom stereocenters. The largest absolute Gasteiger partial charge is 0.481 e. The van der Waals surface area contributed by atoms with Crippen molar-refractivity contribution in [1.82, 2.24) is 19.9 Å². The number of nitrogens with one attached hydrogen (secondary N) is 1. The molecule has 20 heavy (non-hydrogen) atoms. The van der Waals surface area contributed by atoms with Crippen LogP contribution in [0.3, 0.4) is 0 Å². The summed E-state index contributed by atoms with van der Waals surface area (Å²) < 4.78 is 1.65. The molecule has 7 nitrogen and oxygen atoms in total. The Hall–Kier alpha value is -2.44. The van der Waals surface area contributed by atoms with Gasteiger partial charge in [0.05, 0.1) is 11.0 Å². The predicted octanol–water partition coefficient (Wildman–Crippen LogP) is 0.960. The molecule has 2 aromatic rings. The van der Waals surface area contributed by atoms with Crippen molar-refractivity contribution in [3.63, 3.8) is 0 Å². The summed E-state index contributed by atoms with van der Waals surface area (Å²) in [6.07, 6.45) is 3.51. The van der Waals surface area contributed by atoms with Gasteiger partial charge in [-0.2, -0.15) is 0 Å². The molecule has 0 aliphatic carbocycles. The second kappa shape index (κ2) is 5.28. The molecule has 7 heteroatoms. The zero-order chi connectivity index (χ0) is 14.8. The number of hydrogen-bond donors (Lipinski definition) is 2. The van der Waals surface area contributed by atoms with E-state index in [0.29, 0.717) is 24.2 Å². The van der Waals surface area contributed by atoms with Gasteiger partial charge in [0.2, 0.25) is 0 Å². The molecule has 0 fully saturated rings. The van der Waals surface area contributed by atoms with Crippen molar-refractivity contribution in [2.75, 3.05) is 6.54 Å². The lowest BCUT2D eigenvalue weighted by molar-refractivity contribution is -0.147. The van der Waals surface area contributed by atoms with Crippen molar-refractivity contribution in [2.24, 2.45) is 5.41 Å². The third-order valence-electron chi connectivity index (χ3n) is 3.17. The molecule has 106 valence electrons. The van der Waals surface area contributed by atoms with Gasteiger partial charge in [0.1, 0.15) is 6.33 Å². The molecule has 2 rings (SSSR count). The quantitative estimate of drug-likeness (QED) is 0.847. The van der Waals surface area contributed by atoms with Gasteiger partial charge in [0, 0.05) is 12.7 Å². The summed E-state index contributed by atoms with van der Waals surface area (Å²) in [4.78, 5) is 22.9. The third-order valence-corrected chi connectivity index (χ3v) is 3.17. The summed E-state index contributed by atoms with van der Waals surface area (Å²) in [5.74, 6) is -1.13. The maximum absolute atomic E-state index is 12.0. The number of carbonyl (C=O) groups is 2. The van der Waals surface area contributed by atoms with E-state index < -0.39 is 11.4 Å². The fraction of sp³-hybridized carbons (Fsp3) is 0.385. The van der Waals surface area contributed by atoms with Gasteiger partial charge in [0.25, 0.3) is 5.91 Å². The average Bonchev–Trinajstić information content (AvgIpc) is 2.85. The fourth-order valence-corrected chi connectivity index (χ4v) is 1.66. The van der Waals surface area contributed by atoms with Crippen LogP contribution in [0, 0.1) is 5.41 Å². The number of pyridine rings is 1. The molecule has 2 heterocycles. The maximum atomic E-state index is 12.0. The van der Waals surface area contributed by atoms with Gasteiger partial charge in [0.15, 0.2) is 5.65 Å². The van der Waals surface area contributed by atoms with E-state index in [-0.39, 0.29) is 5.91 Å². The lowest BCUT2D eigenvalue weighted by Crippen LogP contribution is -2.32. The number of aliphatic carboxylic acids is 1. The van der Waals surface area contributed by atoms with E-state index in [1.54, 1.807) is 36.6 Å². The molecule has 2 N–H and O–H groups in total. The third kappa shape index (κ3) is 2.93. The van der Waals surface area contributed by atoms with Crippen molar-refractivity contribution in [3.05, 3.63) is 30.2 Å². The van der Waals surface area contributed by atoms with Crippen LogP contribution in [0.2, 0.25) is 0 Å². The number of aromatic nitrogens is 3. The van der Waals surface area contributed by atoms with Crippen LogP contribution in [-0.2, 0) is 4.79 Å². The first-order chi connectivity index (χ1) is 9.40. The highest BCUT2D eigenvalue weighted by Crippen LogP contribution is 2.19. The minimum absolute atomic E-state index is 0.248. The van der Waals surface area contributed by atoms with E-state index in [1.165, 1.54) is 6.33 Å². The fourth-order valence-electron chi connectivity index (χ4n) is 1.66. The van der Waals surface area contributed by atoms with Crippen molar-refractivity contribution in [2.45, 2.75) is 20.3 Å². The highest BCUT2D eigenvalue weighted by molar-refractivity contribution is 5.94. The number of fused-ring (bicyclic) bond motifs is 1. The Morgan fingerprint density at radius 2 is 2.15 bits per heavy atom. The molecule has 0 saturated heterocycles. The molecule has 0 aliphatic heterocycles. The molecule has 2 aromatic heterocycles. The summed E-state index contributed by atoms with van der Waals surface area (Å²) >= 11 is 0. The van der Waals surface area contributed by atoms with E-state index in [4.69, 9.17) is 5.11 Å². The van der Waals surface area contributed by atoms with E-state index in [1.807, 2.05) is 0 Å². The van der Waals surface area contributed by atoms with Gasteiger partial charge in [-0.3, -0.25) is 14.0 Å². The van der Waals surface area contributed by atoms with E-state index >= 15 is 0 Å². The highest BCUT2D eigenvalue weighted by Gasteiger charge is 2.26.